The second-order valence-electron chi connectivity index (χ2n) is 7.02. The number of fused-ring (bicyclic) bond motifs is 1. The number of hydrogen-bond acceptors (Lipinski definition) is 2. The molecule has 1 heterocycles. The van der Waals surface area contributed by atoms with Gasteiger partial charge < -0.3 is 9.47 Å². The molecule has 0 spiro atoms. The molecular formula is C24H26O2. The topological polar surface area (TPSA) is 21.8 Å². The van der Waals surface area contributed by atoms with Crippen molar-refractivity contribution in [1.82, 2.24) is 0 Å². The van der Waals surface area contributed by atoms with Crippen LogP contribution in [0.2, 0.25) is 0 Å². The van der Waals surface area contributed by atoms with Crippen molar-refractivity contribution in [1.29, 1.82) is 0 Å². The van der Waals surface area contributed by atoms with Gasteiger partial charge in [0.1, 0.15) is 18.5 Å². The molecule has 0 aromatic heterocycles. The normalized spacial score (nSPS) is 16.0. The van der Waals surface area contributed by atoms with E-state index in [2.05, 4.69) is 68.4 Å². The first-order chi connectivity index (χ1) is 12.8. The number of aryl methyl sites for hydroxylation is 2. The Morgan fingerprint density at radius 3 is 2.27 bits per heavy atom. The van der Waals surface area contributed by atoms with E-state index in [4.69, 9.17) is 9.47 Å². The standard InChI is InChI=1S/C24H26O2/c1-3-17-9-11-18(12-10-17)13-19-14-24(26-16-20-15-25-20)23-8-6-5-7-22(23)21(19)4-2/h5-12,14,20H,3-4,13,15-16H2,1-2H3. The van der Waals surface area contributed by atoms with Crippen LogP contribution in [0.25, 0.3) is 10.8 Å². The van der Waals surface area contributed by atoms with Crippen molar-refractivity contribution >= 4 is 10.8 Å². The van der Waals surface area contributed by atoms with Crippen LogP contribution in [-0.4, -0.2) is 19.3 Å². The number of hydrogen-bond donors (Lipinski definition) is 0. The monoisotopic (exact) mass is 346 g/mol. The molecule has 0 radical (unpaired) electrons. The van der Waals surface area contributed by atoms with E-state index in [9.17, 15) is 0 Å². The molecule has 1 atom stereocenters. The van der Waals surface area contributed by atoms with Crippen LogP contribution in [0.3, 0.4) is 0 Å². The maximum absolute atomic E-state index is 6.13. The Morgan fingerprint density at radius 2 is 1.62 bits per heavy atom. The lowest BCUT2D eigenvalue weighted by molar-refractivity contribution is 0.265. The summed E-state index contributed by atoms with van der Waals surface area (Å²) in [4.78, 5) is 0. The largest absolute Gasteiger partial charge is 0.490 e. The Balaban J connectivity index is 1.73. The molecule has 1 saturated heterocycles. The van der Waals surface area contributed by atoms with E-state index in [0.29, 0.717) is 6.61 Å². The Morgan fingerprint density at radius 1 is 0.923 bits per heavy atom. The number of benzene rings is 3. The molecule has 0 bridgehead atoms. The van der Waals surface area contributed by atoms with E-state index in [1.165, 1.54) is 33.0 Å². The SMILES string of the molecule is CCc1ccc(Cc2cc(OCC3CO3)c3ccccc3c2CC)cc1. The van der Waals surface area contributed by atoms with E-state index < -0.39 is 0 Å². The summed E-state index contributed by atoms with van der Waals surface area (Å²) in [5.41, 5.74) is 5.53. The summed E-state index contributed by atoms with van der Waals surface area (Å²) in [6.07, 6.45) is 3.31. The minimum atomic E-state index is 0.268. The van der Waals surface area contributed by atoms with Crippen LogP contribution in [0.15, 0.2) is 54.6 Å². The molecule has 0 amide bonds. The predicted molar refractivity (Wildman–Crippen MR) is 107 cm³/mol. The van der Waals surface area contributed by atoms with Crippen LogP contribution < -0.4 is 4.74 Å². The van der Waals surface area contributed by atoms with Crippen LogP contribution >= 0.6 is 0 Å². The van der Waals surface area contributed by atoms with Crippen molar-refractivity contribution in [2.24, 2.45) is 0 Å². The summed E-state index contributed by atoms with van der Waals surface area (Å²) in [6.45, 7) is 5.90. The number of rotatable bonds is 7. The number of epoxide rings is 1. The Hall–Kier alpha value is -2.32. The molecule has 2 heteroatoms. The molecule has 0 aliphatic carbocycles. The van der Waals surface area contributed by atoms with Gasteiger partial charge in [0.25, 0.3) is 0 Å². The first-order valence-electron chi connectivity index (χ1n) is 9.64. The van der Waals surface area contributed by atoms with Gasteiger partial charge in [0.15, 0.2) is 0 Å². The summed E-state index contributed by atoms with van der Waals surface area (Å²) in [7, 11) is 0. The molecule has 0 saturated carbocycles. The van der Waals surface area contributed by atoms with Crippen molar-refractivity contribution in [2.75, 3.05) is 13.2 Å². The molecular weight excluding hydrogens is 320 g/mol. The summed E-state index contributed by atoms with van der Waals surface area (Å²) < 4.78 is 11.4. The summed E-state index contributed by atoms with van der Waals surface area (Å²) in [5.74, 6) is 0.980. The van der Waals surface area contributed by atoms with Gasteiger partial charge in [-0.15, -0.1) is 0 Å². The van der Waals surface area contributed by atoms with Crippen LogP contribution in [0.1, 0.15) is 36.1 Å². The summed E-state index contributed by atoms with van der Waals surface area (Å²) >= 11 is 0. The Bertz CT molecular complexity index is 892. The minimum absolute atomic E-state index is 0.268. The van der Waals surface area contributed by atoms with E-state index in [1.54, 1.807) is 0 Å². The van der Waals surface area contributed by atoms with Crippen molar-refractivity contribution < 1.29 is 9.47 Å². The highest BCUT2D eigenvalue weighted by Crippen LogP contribution is 2.33. The molecule has 4 rings (SSSR count). The highest BCUT2D eigenvalue weighted by Gasteiger charge is 2.23. The maximum atomic E-state index is 6.13. The van der Waals surface area contributed by atoms with Gasteiger partial charge in [0.2, 0.25) is 0 Å². The fraction of sp³-hybridized carbons (Fsp3) is 0.333. The summed E-state index contributed by atoms with van der Waals surface area (Å²) in [6, 6.07) is 19.8. The van der Waals surface area contributed by atoms with Crippen molar-refractivity contribution in [3.8, 4) is 5.75 Å². The molecule has 3 aromatic carbocycles. The fourth-order valence-electron chi connectivity index (χ4n) is 3.61. The third-order valence-corrected chi connectivity index (χ3v) is 5.22. The van der Waals surface area contributed by atoms with E-state index >= 15 is 0 Å². The third kappa shape index (κ3) is 3.61. The fourth-order valence-corrected chi connectivity index (χ4v) is 3.61. The Labute approximate surface area is 155 Å². The molecule has 3 aromatic rings. The first-order valence-corrected chi connectivity index (χ1v) is 9.64. The first kappa shape index (κ1) is 17.1. The van der Waals surface area contributed by atoms with Crippen molar-refractivity contribution in [2.45, 2.75) is 39.2 Å². The molecule has 134 valence electrons. The van der Waals surface area contributed by atoms with Crippen LogP contribution in [0.4, 0.5) is 0 Å². The zero-order valence-corrected chi connectivity index (χ0v) is 15.6. The average molecular weight is 346 g/mol. The van der Waals surface area contributed by atoms with Crippen LogP contribution in [-0.2, 0) is 24.0 Å². The molecule has 0 N–H and O–H groups in total. The van der Waals surface area contributed by atoms with Gasteiger partial charge in [-0.25, -0.2) is 0 Å². The lowest BCUT2D eigenvalue weighted by Gasteiger charge is -2.17. The van der Waals surface area contributed by atoms with Gasteiger partial charge in [-0.1, -0.05) is 62.4 Å². The van der Waals surface area contributed by atoms with E-state index in [1.807, 2.05) is 0 Å². The zero-order chi connectivity index (χ0) is 17.9. The number of ether oxygens (including phenoxy) is 2. The Kier molecular flexibility index (Phi) is 4.94. The predicted octanol–water partition coefficient (Wildman–Crippen LogP) is 5.33. The van der Waals surface area contributed by atoms with E-state index in [0.717, 1.165) is 31.6 Å². The van der Waals surface area contributed by atoms with Gasteiger partial charge in [-0.2, -0.15) is 0 Å². The second-order valence-corrected chi connectivity index (χ2v) is 7.02. The van der Waals surface area contributed by atoms with Gasteiger partial charge in [0.05, 0.1) is 6.61 Å². The molecule has 26 heavy (non-hydrogen) atoms. The smallest absolute Gasteiger partial charge is 0.127 e. The lowest BCUT2D eigenvalue weighted by Crippen LogP contribution is -2.06. The van der Waals surface area contributed by atoms with Crippen LogP contribution in [0.5, 0.6) is 5.75 Å². The minimum Gasteiger partial charge on any atom is -0.490 e. The molecule has 1 unspecified atom stereocenters. The van der Waals surface area contributed by atoms with Crippen molar-refractivity contribution in [3.05, 3.63) is 76.9 Å². The van der Waals surface area contributed by atoms with Crippen molar-refractivity contribution in [3.63, 3.8) is 0 Å². The van der Waals surface area contributed by atoms with Gasteiger partial charge >= 0.3 is 0 Å². The maximum Gasteiger partial charge on any atom is 0.127 e. The molecule has 2 nitrogen and oxygen atoms in total. The highest BCUT2D eigenvalue weighted by atomic mass is 16.6. The zero-order valence-electron chi connectivity index (χ0n) is 15.6. The lowest BCUT2D eigenvalue weighted by atomic mass is 9.92. The third-order valence-electron chi connectivity index (χ3n) is 5.22. The molecule has 1 aliphatic rings. The molecule has 1 fully saturated rings. The van der Waals surface area contributed by atoms with Gasteiger partial charge in [-0.3, -0.25) is 0 Å². The average Bonchev–Trinajstić information content (AvgIpc) is 3.51. The van der Waals surface area contributed by atoms with Gasteiger partial charge in [0, 0.05) is 5.39 Å². The van der Waals surface area contributed by atoms with Crippen LogP contribution in [0, 0.1) is 0 Å². The van der Waals surface area contributed by atoms with Gasteiger partial charge in [-0.05, 0) is 53.0 Å². The van der Waals surface area contributed by atoms with E-state index in [-0.39, 0.29) is 6.10 Å². The second kappa shape index (κ2) is 7.51. The summed E-state index contributed by atoms with van der Waals surface area (Å²) in [5, 5.41) is 2.51. The molecule has 1 aliphatic heterocycles. The highest BCUT2D eigenvalue weighted by molar-refractivity contribution is 5.92. The quantitative estimate of drug-likeness (QED) is 0.539.